The molecule has 6 heteroatoms. The van der Waals surface area contributed by atoms with Gasteiger partial charge in [-0.3, -0.25) is 0 Å². The van der Waals surface area contributed by atoms with E-state index in [1.165, 1.54) is 5.56 Å². The zero-order valence-corrected chi connectivity index (χ0v) is 23.8. The van der Waals surface area contributed by atoms with Crippen LogP contribution in [0.4, 0.5) is 0 Å². The van der Waals surface area contributed by atoms with Crippen molar-refractivity contribution in [2.75, 3.05) is 19.8 Å². The van der Waals surface area contributed by atoms with Crippen molar-refractivity contribution in [3.8, 4) is 11.5 Å². The molecule has 212 valence electrons. The van der Waals surface area contributed by atoms with Gasteiger partial charge in [-0.05, 0) is 52.4 Å². The Morgan fingerprint density at radius 3 is 2.22 bits per heavy atom. The molecule has 3 atom stereocenters. The van der Waals surface area contributed by atoms with E-state index in [0.29, 0.717) is 39.5 Å². The number of fused-ring (bicyclic) bond motifs is 1. The van der Waals surface area contributed by atoms with Crippen LogP contribution in [-0.4, -0.2) is 32.0 Å². The summed E-state index contributed by atoms with van der Waals surface area (Å²) in [5.74, 6) is 1.57. The van der Waals surface area contributed by atoms with Crippen LogP contribution in [-0.2, 0) is 33.8 Å². The number of ether oxygens (including phenoxy) is 5. The van der Waals surface area contributed by atoms with Crippen LogP contribution in [0.3, 0.4) is 0 Å². The van der Waals surface area contributed by atoms with Gasteiger partial charge in [-0.25, -0.2) is 0 Å². The smallest absolute Gasteiger partial charge is 0.161 e. The molecule has 0 saturated carbocycles. The van der Waals surface area contributed by atoms with Crippen LogP contribution in [0.2, 0.25) is 5.02 Å². The van der Waals surface area contributed by atoms with E-state index in [4.69, 9.17) is 35.3 Å². The van der Waals surface area contributed by atoms with Gasteiger partial charge in [0.15, 0.2) is 11.5 Å². The molecule has 0 spiro atoms. The molecule has 5 nitrogen and oxygen atoms in total. The minimum atomic E-state index is -0.119. The first-order valence-electron chi connectivity index (χ1n) is 14.3. The quantitative estimate of drug-likeness (QED) is 0.195. The minimum absolute atomic E-state index is 0.0520. The fraction of sp³-hybridized carbons (Fsp3) is 0.314. The molecule has 6 rings (SSSR count). The van der Waals surface area contributed by atoms with Crippen molar-refractivity contribution in [1.29, 1.82) is 0 Å². The van der Waals surface area contributed by atoms with Gasteiger partial charge in [0.2, 0.25) is 0 Å². The molecule has 0 aliphatic carbocycles. The molecule has 3 unspecified atom stereocenters. The average molecular weight is 571 g/mol. The second kappa shape index (κ2) is 13.5. The van der Waals surface area contributed by atoms with E-state index in [9.17, 15) is 0 Å². The summed E-state index contributed by atoms with van der Waals surface area (Å²) >= 11 is 6.69. The van der Waals surface area contributed by atoms with Crippen molar-refractivity contribution < 1.29 is 23.7 Å². The van der Waals surface area contributed by atoms with E-state index in [0.717, 1.165) is 51.6 Å². The van der Waals surface area contributed by atoms with Crippen LogP contribution in [0.15, 0.2) is 97.1 Å². The molecule has 2 aliphatic rings. The maximum absolute atomic E-state index is 6.69. The molecule has 41 heavy (non-hydrogen) atoms. The summed E-state index contributed by atoms with van der Waals surface area (Å²) in [6, 6.07) is 32.8. The van der Waals surface area contributed by atoms with Crippen LogP contribution in [0.25, 0.3) is 0 Å². The van der Waals surface area contributed by atoms with E-state index < -0.39 is 0 Å². The molecule has 0 bridgehead atoms. The number of benzene rings is 4. The highest BCUT2D eigenvalue weighted by Crippen LogP contribution is 2.36. The summed E-state index contributed by atoms with van der Waals surface area (Å²) in [7, 11) is 0. The Morgan fingerprint density at radius 1 is 0.707 bits per heavy atom. The van der Waals surface area contributed by atoms with Crippen LogP contribution in [0.1, 0.15) is 46.8 Å². The SMILES string of the molecule is Clc1ccc(C2CC(OCc3ccccc3)CC(COCc3ccccc3)O2)cc1Cc1ccc2c(c1)OCCO2. The van der Waals surface area contributed by atoms with Crippen LogP contribution >= 0.6 is 11.6 Å². The summed E-state index contributed by atoms with van der Waals surface area (Å²) in [5.41, 5.74) is 5.59. The third kappa shape index (κ3) is 7.49. The van der Waals surface area contributed by atoms with Crippen LogP contribution in [0, 0.1) is 0 Å². The number of rotatable bonds is 10. The largest absolute Gasteiger partial charge is 0.486 e. The second-order valence-electron chi connectivity index (χ2n) is 10.6. The summed E-state index contributed by atoms with van der Waals surface area (Å²) < 4.78 is 30.6. The van der Waals surface area contributed by atoms with Gasteiger partial charge < -0.3 is 23.7 Å². The topological polar surface area (TPSA) is 46.2 Å². The maximum atomic E-state index is 6.69. The molecule has 4 aromatic rings. The molecule has 2 aliphatic heterocycles. The Bertz CT molecular complexity index is 1410. The summed E-state index contributed by atoms with van der Waals surface area (Å²) in [5, 5.41) is 0.735. The fourth-order valence-corrected chi connectivity index (χ4v) is 5.63. The summed E-state index contributed by atoms with van der Waals surface area (Å²) in [6.07, 6.45) is 2.11. The molecule has 1 saturated heterocycles. The molecule has 1 fully saturated rings. The molecule has 0 N–H and O–H groups in total. The first-order chi connectivity index (χ1) is 20.2. The van der Waals surface area contributed by atoms with Crippen molar-refractivity contribution >= 4 is 11.6 Å². The fourth-order valence-electron chi connectivity index (χ4n) is 5.45. The lowest BCUT2D eigenvalue weighted by Gasteiger charge is -2.36. The normalized spacial score (nSPS) is 20.1. The zero-order valence-electron chi connectivity index (χ0n) is 23.0. The highest BCUT2D eigenvalue weighted by Gasteiger charge is 2.31. The van der Waals surface area contributed by atoms with Gasteiger partial charge in [-0.2, -0.15) is 0 Å². The number of hydrogen-bond donors (Lipinski definition) is 0. The lowest BCUT2D eigenvalue weighted by atomic mass is 9.93. The Kier molecular flexibility index (Phi) is 9.18. The van der Waals surface area contributed by atoms with Crippen LogP contribution in [0.5, 0.6) is 11.5 Å². The van der Waals surface area contributed by atoms with Crippen molar-refractivity contribution in [2.45, 2.75) is 50.8 Å². The van der Waals surface area contributed by atoms with E-state index in [2.05, 4.69) is 42.5 Å². The Labute approximate surface area is 246 Å². The van der Waals surface area contributed by atoms with Crippen molar-refractivity contribution in [3.63, 3.8) is 0 Å². The zero-order chi connectivity index (χ0) is 27.9. The predicted octanol–water partition coefficient (Wildman–Crippen LogP) is 7.72. The summed E-state index contributed by atoms with van der Waals surface area (Å²) in [4.78, 5) is 0. The highest BCUT2D eigenvalue weighted by atomic mass is 35.5. The van der Waals surface area contributed by atoms with Crippen molar-refractivity contribution in [1.82, 2.24) is 0 Å². The lowest BCUT2D eigenvalue weighted by molar-refractivity contribution is -0.142. The van der Waals surface area contributed by atoms with Gasteiger partial charge in [-0.1, -0.05) is 90.5 Å². The Hall–Kier alpha value is -3.35. The van der Waals surface area contributed by atoms with Crippen molar-refractivity contribution in [3.05, 3.63) is 130 Å². The van der Waals surface area contributed by atoms with Gasteiger partial charge in [0.25, 0.3) is 0 Å². The monoisotopic (exact) mass is 570 g/mol. The predicted molar refractivity (Wildman–Crippen MR) is 160 cm³/mol. The van der Waals surface area contributed by atoms with Gasteiger partial charge in [0.05, 0.1) is 38.1 Å². The molecule has 0 amide bonds. The highest BCUT2D eigenvalue weighted by molar-refractivity contribution is 6.31. The van der Waals surface area contributed by atoms with Crippen LogP contribution < -0.4 is 9.47 Å². The third-order valence-electron chi connectivity index (χ3n) is 7.55. The first kappa shape index (κ1) is 27.8. The molecular weight excluding hydrogens is 536 g/mol. The molecule has 0 radical (unpaired) electrons. The number of hydrogen-bond acceptors (Lipinski definition) is 5. The third-order valence-corrected chi connectivity index (χ3v) is 7.91. The molecule has 0 aromatic heterocycles. The van der Waals surface area contributed by atoms with E-state index >= 15 is 0 Å². The minimum Gasteiger partial charge on any atom is -0.486 e. The van der Waals surface area contributed by atoms with E-state index in [1.54, 1.807) is 0 Å². The first-order valence-corrected chi connectivity index (χ1v) is 14.7. The average Bonchev–Trinajstić information content (AvgIpc) is 3.02. The Balaban J connectivity index is 1.16. The van der Waals surface area contributed by atoms with Gasteiger partial charge in [0.1, 0.15) is 13.2 Å². The van der Waals surface area contributed by atoms with Gasteiger partial charge in [0, 0.05) is 17.9 Å². The van der Waals surface area contributed by atoms with E-state index in [1.807, 2.05) is 54.6 Å². The standard InChI is InChI=1S/C35H35ClO5/c36-32-13-12-28(19-29(32)17-27-11-14-33-35(18-27)39-16-15-38-33)34-21-30(40-23-26-9-5-2-6-10-26)20-31(41-34)24-37-22-25-7-3-1-4-8-25/h1-14,18-19,30-31,34H,15-17,20-24H2. The lowest BCUT2D eigenvalue weighted by Crippen LogP contribution is -2.35. The molecule has 2 heterocycles. The maximum Gasteiger partial charge on any atom is 0.161 e. The molecular formula is C35H35ClO5. The van der Waals surface area contributed by atoms with Gasteiger partial charge >= 0.3 is 0 Å². The number of halogens is 1. The molecule has 4 aromatic carbocycles. The van der Waals surface area contributed by atoms with Gasteiger partial charge in [-0.15, -0.1) is 0 Å². The Morgan fingerprint density at radius 2 is 1.44 bits per heavy atom. The summed E-state index contributed by atoms with van der Waals surface area (Å²) in [6.45, 7) is 2.78. The van der Waals surface area contributed by atoms with Crippen molar-refractivity contribution in [2.24, 2.45) is 0 Å². The van der Waals surface area contributed by atoms with E-state index in [-0.39, 0.29) is 18.3 Å². The second-order valence-corrected chi connectivity index (χ2v) is 11.1.